The zero-order chi connectivity index (χ0) is 15.0. The zero-order valence-corrected chi connectivity index (χ0v) is 13.4. The Balaban J connectivity index is 1.77. The van der Waals surface area contributed by atoms with Crippen LogP contribution in [0.15, 0.2) is 29.3 Å². The van der Waals surface area contributed by atoms with Crippen LogP contribution in [0.4, 0.5) is 0 Å². The van der Waals surface area contributed by atoms with Crippen molar-refractivity contribution >= 4 is 21.4 Å². The number of aliphatic hydroxyl groups excluding tert-OH is 1. The van der Waals surface area contributed by atoms with Crippen LogP contribution in [0, 0.1) is 6.92 Å². The largest absolute Gasteiger partial charge is 0.390 e. The second kappa shape index (κ2) is 5.57. The van der Waals surface area contributed by atoms with Crippen molar-refractivity contribution in [1.29, 1.82) is 0 Å². The Kier molecular flexibility index (Phi) is 3.92. The van der Waals surface area contributed by atoms with Crippen LogP contribution in [0.2, 0.25) is 0 Å². The van der Waals surface area contributed by atoms with Gasteiger partial charge in [0.2, 0.25) is 10.0 Å². The second-order valence-corrected chi connectivity index (χ2v) is 8.44. The third kappa shape index (κ3) is 3.21. The molecular formula is C14H18N2O3S2. The molecule has 0 atom stereocenters. The SMILES string of the molecule is Cc1ccc(CNS(=O)(=O)c2cc(CO)n(C3CC3)c2)s1. The van der Waals surface area contributed by atoms with E-state index in [1.54, 1.807) is 23.6 Å². The first-order chi connectivity index (χ1) is 9.99. The van der Waals surface area contributed by atoms with E-state index in [-0.39, 0.29) is 11.5 Å². The number of thiophene rings is 1. The van der Waals surface area contributed by atoms with Crippen molar-refractivity contribution in [3.8, 4) is 0 Å². The lowest BCUT2D eigenvalue weighted by atomic mass is 10.4. The van der Waals surface area contributed by atoms with Gasteiger partial charge in [0.15, 0.2) is 0 Å². The first-order valence-electron chi connectivity index (χ1n) is 6.86. The number of hydrogen-bond acceptors (Lipinski definition) is 4. The molecule has 114 valence electrons. The molecule has 0 radical (unpaired) electrons. The highest BCUT2D eigenvalue weighted by Gasteiger charge is 2.28. The highest BCUT2D eigenvalue weighted by Crippen LogP contribution is 2.37. The molecule has 2 aromatic rings. The van der Waals surface area contributed by atoms with Crippen molar-refractivity contribution < 1.29 is 13.5 Å². The number of rotatable bonds is 6. The van der Waals surface area contributed by atoms with E-state index >= 15 is 0 Å². The van der Waals surface area contributed by atoms with E-state index < -0.39 is 10.0 Å². The summed E-state index contributed by atoms with van der Waals surface area (Å²) in [6.07, 6.45) is 3.72. The first kappa shape index (κ1) is 14.8. The van der Waals surface area contributed by atoms with Crippen LogP contribution in [-0.4, -0.2) is 18.1 Å². The molecule has 0 saturated heterocycles. The molecule has 0 spiro atoms. The summed E-state index contributed by atoms with van der Waals surface area (Å²) in [6, 6.07) is 5.80. The minimum Gasteiger partial charge on any atom is -0.390 e. The van der Waals surface area contributed by atoms with Gasteiger partial charge in [-0.15, -0.1) is 11.3 Å². The Morgan fingerprint density at radius 2 is 2.19 bits per heavy atom. The normalized spacial score (nSPS) is 15.5. The van der Waals surface area contributed by atoms with E-state index in [0.717, 1.165) is 22.6 Å². The smallest absolute Gasteiger partial charge is 0.242 e. The van der Waals surface area contributed by atoms with E-state index in [4.69, 9.17) is 0 Å². The van der Waals surface area contributed by atoms with Gasteiger partial charge in [-0.25, -0.2) is 13.1 Å². The standard InChI is InChI=1S/C14H18N2O3S2/c1-10-2-5-13(20-10)7-15-21(18,19)14-6-12(9-17)16(8-14)11-3-4-11/h2,5-6,8,11,15,17H,3-4,7,9H2,1H3. The second-order valence-electron chi connectivity index (χ2n) is 5.30. The van der Waals surface area contributed by atoms with Crippen LogP contribution in [0.1, 0.15) is 34.3 Å². The molecule has 1 fully saturated rings. The molecule has 1 saturated carbocycles. The molecule has 0 aromatic carbocycles. The average molecular weight is 326 g/mol. The zero-order valence-electron chi connectivity index (χ0n) is 11.7. The van der Waals surface area contributed by atoms with E-state index in [9.17, 15) is 13.5 Å². The molecule has 2 heterocycles. The molecule has 0 bridgehead atoms. The van der Waals surface area contributed by atoms with E-state index in [1.807, 2.05) is 23.6 Å². The fourth-order valence-electron chi connectivity index (χ4n) is 2.29. The maximum Gasteiger partial charge on any atom is 0.242 e. The van der Waals surface area contributed by atoms with Crippen molar-refractivity contribution in [1.82, 2.24) is 9.29 Å². The highest BCUT2D eigenvalue weighted by atomic mass is 32.2. The van der Waals surface area contributed by atoms with Crippen LogP contribution in [-0.2, 0) is 23.2 Å². The van der Waals surface area contributed by atoms with Gasteiger partial charge in [-0.3, -0.25) is 0 Å². The van der Waals surface area contributed by atoms with Gasteiger partial charge < -0.3 is 9.67 Å². The Bertz CT molecular complexity index is 742. The molecule has 3 rings (SSSR count). The van der Waals surface area contributed by atoms with Gasteiger partial charge in [0.05, 0.1) is 11.5 Å². The Morgan fingerprint density at radius 3 is 2.76 bits per heavy atom. The number of aromatic nitrogens is 1. The summed E-state index contributed by atoms with van der Waals surface area (Å²) in [5, 5.41) is 9.35. The molecule has 1 aliphatic carbocycles. The van der Waals surface area contributed by atoms with Crippen molar-refractivity contribution in [3.63, 3.8) is 0 Å². The third-order valence-electron chi connectivity index (χ3n) is 3.55. The molecular weight excluding hydrogens is 308 g/mol. The van der Waals surface area contributed by atoms with Gasteiger partial charge >= 0.3 is 0 Å². The lowest BCUT2D eigenvalue weighted by Crippen LogP contribution is -2.22. The maximum atomic E-state index is 12.3. The Hall–Kier alpha value is -1.15. The summed E-state index contributed by atoms with van der Waals surface area (Å²) in [4.78, 5) is 2.37. The topological polar surface area (TPSA) is 71.3 Å². The minimum atomic E-state index is -3.54. The van der Waals surface area contributed by atoms with Gasteiger partial charge in [0.25, 0.3) is 0 Å². The van der Waals surface area contributed by atoms with Crippen LogP contribution in [0.3, 0.4) is 0 Å². The van der Waals surface area contributed by atoms with Gasteiger partial charge in [0, 0.05) is 34.2 Å². The lowest BCUT2D eigenvalue weighted by Gasteiger charge is -2.04. The molecule has 2 N–H and O–H groups in total. The molecule has 0 unspecified atom stereocenters. The van der Waals surface area contributed by atoms with Crippen LogP contribution < -0.4 is 4.72 Å². The number of aryl methyl sites for hydroxylation is 1. The summed E-state index contributed by atoms with van der Waals surface area (Å²) in [5.74, 6) is 0. The van der Waals surface area contributed by atoms with Gasteiger partial charge in [-0.1, -0.05) is 0 Å². The maximum absolute atomic E-state index is 12.3. The Labute approximate surface area is 128 Å². The summed E-state index contributed by atoms with van der Waals surface area (Å²) in [6.45, 7) is 2.14. The number of aliphatic hydroxyl groups is 1. The van der Waals surface area contributed by atoms with Crippen molar-refractivity contribution in [3.05, 3.63) is 39.8 Å². The van der Waals surface area contributed by atoms with Crippen molar-refractivity contribution in [2.75, 3.05) is 0 Å². The van der Waals surface area contributed by atoms with Crippen molar-refractivity contribution in [2.45, 2.75) is 43.9 Å². The number of nitrogens with one attached hydrogen (secondary N) is 1. The predicted molar refractivity (Wildman–Crippen MR) is 81.7 cm³/mol. The van der Waals surface area contributed by atoms with Gasteiger partial charge in [-0.05, 0) is 38.0 Å². The quantitative estimate of drug-likeness (QED) is 0.854. The fraction of sp³-hybridized carbons (Fsp3) is 0.429. The molecule has 7 heteroatoms. The summed E-state index contributed by atoms with van der Waals surface area (Å²) in [5.41, 5.74) is 0.657. The molecule has 21 heavy (non-hydrogen) atoms. The van der Waals surface area contributed by atoms with Gasteiger partial charge in [-0.2, -0.15) is 0 Å². The molecule has 5 nitrogen and oxygen atoms in total. The van der Waals surface area contributed by atoms with Crippen LogP contribution in [0.5, 0.6) is 0 Å². The van der Waals surface area contributed by atoms with Gasteiger partial charge in [0.1, 0.15) is 0 Å². The number of sulfonamides is 1. The monoisotopic (exact) mass is 326 g/mol. The number of nitrogens with zero attached hydrogens (tertiary/aromatic N) is 1. The van der Waals surface area contributed by atoms with Crippen molar-refractivity contribution in [2.24, 2.45) is 0 Å². The Morgan fingerprint density at radius 1 is 1.43 bits per heavy atom. The first-order valence-corrected chi connectivity index (χ1v) is 9.16. The molecule has 0 amide bonds. The lowest BCUT2D eigenvalue weighted by molar-refractivity contribution is 0.270. The predicted octanol–water partition coefficient (Wildman–Crippen LogP) is 2.16. The van der Waals surface area contributed by atoms with Crippen LogP contribution >= 0.6 is 11.3 Å². The van der Waals surface area contributed by atoms with E-state index in [2.05, 4.69) is 4.72 Å². The van der Waals surface area contributed by atoms with E-state index in [1.165, 1.54) is 0 Å². The van der Waals surface area contributed by atoms with Crippen LogP contribution in [0.25, 0.3) is 0 Å². The minimum absolute atomic E-state index is 0.143. The summed E-state index contributed by atoms with van der Waals surface area (Å²) < 4.78 is 29.2. The summed E-state index contributed by atoms with van der Waals surface area (Å²) in [7, 11) is -3.54. The third-order valence-corrected chi connectivity index (χ3v) is 5.92. The average Bonchev–Trinajstić information content (AvgIpc) is 3.05. The number of hydrogen-bond donors (Lipinski definition) is 2. The molecule has 1 aliphatic rings. The highest BCUT2D eigenvalue weighted by molar-refractivity contribution is 7.89. The van der Waals surface area contributed by atoms with E-state index in [0.29, 0.717) is 18.3 Å². The fourth-order valence-corrected chi connectivity index (χ4v) is 4.27. The molecule has 2 aromatic heterocycles. The molecule has 0 aliphatic heterocycles. The summed E-state index contributed by atoms with van der Waals surface area (Å²) >= 11 is 1.58.